The minimum Gasteiger partial charge on any atom is -0.494 e. The third-order valence-corrected chi connectivity index (χ3v) is 11.0. The highest BCUT2D eigenvalue weighted by Gasteiger charge is 2.56. The van der Waals surface area contributed by atoms with Crippen LogP contribution in [0.4, 0.5) is 8.63 Å². The summed E-state index contributed by atoms with van der Waals surface area (Å²) in [5.41, 5.74) is 6.08. The molecule has 0 bridgehead atoms. The Labute approximate surface area is 248 Å². The van der Waals surface area contributed by atoms with Gasteiger partial charge in [0.1, 0.15) is 11.5 Å². The lowest BCUT2D eigenvalue weighted by Gasteiger charge is -2.33. The van der Waals surface area contributed by atoms with Crippen LogP contribution < -0.4 is 4.74 Å². The topological polar surface area (TPSA) is 17.2 Å². The molecule has 2 aliphatic heterocycles. The Morgan fingerprint density at radius 1 is 0.944 bits per heavy atom. The van der Waals surface area contributed by atoms with Crippen molar-refractivity contribution in [3.8, 4) is 5.75 Å². The number of allylic oxidation sites excluding steroid dienone is 2. The first-order valence-electron chi connectivity index (χ1n) is 12.6. The number of rotatable bonds is 10. The molecule has 1 aromatic carbocycles. The molecule has 0 atom stereocenters. The van der Waals surface area contributed by atoms with Gasteiger partial charge >= 0.3 is 6.97 Å². The Morgan fingerprint density at radius 3 is 2.19 bits per heavy atom. The predicted molar refractivity (Wildman–Crippen MR) is 167 cm³/mol. The van der Waals surface area contributed by atoms with E-state index in [2.05, 4.69) is 61.1 Å². The number of ether oxygens (including phenoxy) is 1. The van der Waals surface area contributed by atoms with Gasteiger partial charge in [0.2, 0.25) is 0 Å². The Hall–Kier alpha value is -0.685. The fourth-order valence-corrected chi connectivity index (χ4v) is 6.79. The molecule has 0 fully saturated rings. The van der Waals surface area contributed by atoms with Crippen molar-refractivity contribution in [2.24, 2.45) is 0 Å². The van der Waals surface area contributed by atoms with E-state index in [1.807, 2.05) is 38.1 Å². The van der Waals surface area contributed by atoms with Gasteiger partial charge in [-0.05, 0) is 108 Å². The highest BCUT2D eigenvalue weighted by atomic mass is 127. The highest BCUT2D eigenvalue weighted by molar-refractivity contribution is 14.1. The molecule has 0 saturated carbocycles. The fourth-order valence-electron chi connectivity index (χ4n) is 5.36. The molecular formula is C27H32BBrF2I2N2O. The van der Waals surface area contributed by atoms with Crippen molar-refractivity contribution in [2.75, 3.05) is 11.9 Å². The summed E-state index contributed by atoms with van der Waals surface area (Å²) in [4.78, 5) is 0. The van der Waals surface area contributed by atoms with Crippen LogP contribution in [0.15, 0.2) is 39.1 Å². The number of unbranched alkanes of at least 4 members (excludes halogenated alkanes) is 5. The summed E-state index contributed by atoms with van der Waals surface area (Å²) in [6.45, 7) is 4.21. The van der Waals surface area contributed by atoms with E-state index in [9.17, 15) is 0 Å². The van der Waals surface area contributed by atoms with E-state index >= 15 is 8.63 Å². The normalized spacial score (nSPS) is 16.7. The van der Waals surface area contributed by atoms with Crippen molar-refractivity contribution in [1.29, 1.82) is 0 Å². The van der Waals surface area contributed by atoms with E-state index in [1.54, 1.807) is 13.8 Å². The molecule has 0 amide bonds. The third-order valence-electron chi connectivity index (χ3n) is 7.24. The summed E-state index contributed by atoms with van der Waals surface area (Å²) >= 11 is 7.89. The first-order chi connectivity index (χ1) is 17.1. The predicted octanol–water partition coefficient (Wildman–Crippen LogP) is 9.02. The van der Waals surface area contributed by atoms with Gasteiger partial charge < -0.3 is 22.3 Å². The molecule has 0 aliphatic carbocycles. The largest absolute Gasteiger partial charge is 0.737 e. The second-order valence-electron chi connectivity index (χ2n) is 9.63. The fraction of sp³-hybridized carbons (Fsp3) is 0.444. The van der Waals surface area contributed by atoms with Crippen molar-refractivity contribution in [1.82, 2.24) is 4.48 Å². The number of aromatic nitrogens is 1. The zero-order valence-electron chi connectivity index (χ0n) is 21.2. The summed E-state index contributed by atoms with van der Waals surface area (Å²) in [5.74, 6) is 0.819. The average Bonchev–Trinajstić information content (AvgIpc) is 3.22. The number of halogens is 5. The van der Waals surface area contributed by atoms with Crippen LogP contribution in [0, 0.1) is 17.4 Å². The van der Waals surface area contributed by atoms with Gasteiger partial charge in [-0.25, -0.2) is 0 Å². The molecule has 0 saturated heterocycles. The zero-order valence-corrected chi connectivity index (χ0v) is 27.1. The van der Waals surface area contributed by atoms with Gasteiger partial charge in [0.05, 0.1) is 15.8 Å². The van der Waals surface area contributed by atoms with Crippen LogP contribution in [0.5, 0.6) is 5.75 Å². The van der Waals surface area contributed by atoms with Crippen LogP contribution in [-0.2, 0) is 0 Å². The maximum atomic E-state index is 16.1. The minimum absolute atomic E-state index is 0.615. The van der Waals surface area contributed by atoms with Crippen molar-refractivity contribution in [2.45, 2.75) is 66.2 Å². The molecule has 2 aromatic rings. The lowest BCUT2D eigenvalue weighted by Crippen LogP contribution is -2.51. The van der Waals surface area contributed by atoms with Crippen LogP contribution in [-0.4, -0.2) is 33.6 Å². The number of benzene rings is 1. The number of fused-ring (bicyclic) bond motifs is 2. The molecule has 9 heteroatoms. The van der Waals surface area contributed by atoms with Gasteiger partial charge in [-0.15, -0.1) is 0 Å². The Kier molecular flexibility index (Phi) is 9.12. The van der Waals surface area contributed by atoms with Gasteiger partial charge in [0, 0.05) is 27.1 Å². The van der Waals surface area contributed by atoms with Crippen LogP contribution in [0.2, 0.25) is 0 Å². The summed E-state index contributed by atoms with van der Waals surface area (Å²) in [7, 11) is 0. The Morgan fingerprint density at radius 2 is 1.56 bits per heavy atom. The molecule has 0 radical (unpaired) electrons. The molecule has 3 heterocycles. The lowest BCUT2D eigenvalue weighted by atomic mass is 9.84. The molecule has 0 spiro atoms. The van der Waals surface area contributed by atoms with Gasteiger partial charge in [-0.1, -0.05) is 53.7 Å². The number of nitrogens with zero attached hydrogens (tertiary/aromatic N) is 2. The summed E-state index contributed by atoms with van der Waals surface area (Å²) < 4.78 is 42.5. The van der Waals surface area contributed by atoms with Crippen molar-refractivity contribution in [3.05, 3.63) is 65.2 Å². The molecular weight excluding hydrogens is 751 g/mol. The number of hydrogen-bond donors (Lipinski definition) is 0. The third kappa shape index (κ3) is 5.01. The van der Waals surface area contributed by atoms with Gasteiger partial charge in [-0.3, -0.25) is 0 Å². The monoisotopic (exact) mass is 782 g/mol. The van der Waals surface area contributed by atoms with E-state index in [0.717, 1.165) is 46.9 Å². The Balaban J connectivity index is 1.64. The molecule has 4 rings (SSSR count). The van der Waals surface area contributed by atoms with E-state index in [0.29, 0.717) is 29.4 Å². The van der Waals surface area contributed by atoms with Crippen molar-refractivity contribution < 1.29 is 17.9 Å². The smallest absolute Gasteiger partial charge is 0.494 e. The lowest BCUT2D eigenvalue weighted by molar-refractivity contribution is -0.363. The molecule has 2 aliphatic rings. The van der Waals surface area contributed by atoms with Gasteiger partial charge in [0.25, 0.3) is 0 Å². The SMILES string of the molecule is CC1=C(I)C(C)=[N+]2C1=C(c1ccc(OCCCCCCCCBr)cc1)c1c(C)c(I)c(C)n1[B-]2(F)F. The first-order valence-corrected chi connectivity index (χ1v) is 15.8. The van der Waals surface area contributed by atoms with Crippen LogP contribution in [0.3, 0.4) is 0 Å². The van der Waals surface area contributed by atoms with Gasteiger partial charge in [-0.2, -0.15) is 0 Å². The zero-order chi connectivity index (χ0) is 26.2. The van der Waals surface area contributed by atoms with E-state index in [-0.39, 0.29) is 0 Å². The quantitative estimate of drug-likeness (QED) is 0.102. The standard InChI is InChI=1S/C27H32BBrF2I2N2O/c1-17-24(32)19(3)34-26(17)23(27-18(2)25(33)20(4)35(27)28(34,30)31)21-11-13-22(14-12-21)36-16-10-8-6-5-7-9-15-29/h11-14H,5-10,15-16H2,1-4H3. The molecule has 0 unspecified atom stereocenters. The van der Waals surface area contributed by atoms with Crippen LogP contribution in [0.1, 0.15) is 74.9 Å². The Bertz CT molecular complexity index is 1270. The minimum atomic E-state index is -3.99. The molecule has 194 valence electrons. The average molecular weight is 783 g/mol. The molecule has 0 N–H and O–H groups in total. The number of alkyl halides is 1. The summed E-state index contributed by atoms with van der Waals surface area (Å²) in [5, 5.41) is 1.09. The van der Waals surface area contributed by atoms with Crippen molar-refractivity contribution >= 4 is 79.4 Å². The first kappa shape index (κ1) is 28.3. The van der Waals surface area contributed by atoms with E-state index < -0.39 is 6.97 Å². The molecule has 1 aromatic heterocycles. The number of hydrogen-bond acceptors (Lipinski definition) is 1. The maximum Gasteiger partial charge on any atom is 0.737 e. The van der Waals surface area contributed by atoms with E-state index in [1.165, 1.54) is 41.1 Å². The van der Waals surface area contributed by atoms with Crippen molar-refractivity contribution in [3.63, 3.8) is 0 Å². The van der Waals surface area contributed by atoms with Gasteiger partial charge in [0.15, 0.2) is 5.70 Å². The van der Waals surface area contributed by atoms with Crippen LogP contribution in [0.25, 0.3) is 5.57 Å². The molecule has 3 nitrogen and oxygen atoms in total. The second-order valence-corrected chi connectivity index (χ2v) is 12.6. The summed E-state index contributed by atoms with van der Waals surface area (Å²) in [6, 6.07) is 7.97. The summed E-state index contributed by atoms with van der Waals surface area (Å²) in [6.07, 6.45) is 7.26. The highest BCUT2D eigenvalue weighted by Crippen LogP contribution is 2.47. The second kappa shape index (κ2) is 11.6. The van der Waals surface area contributed by atoms with E-state index in [4.69, 9.17) is 4.74 Å². The molecule has 36 heavy (non-hydrogen) atoms. The maximum absolute atomic E-state index is 16.1. The van der Waals surface area contributed by atoms with Crippen LogP contribution >= 0.6 is 61.1 Å².